The number of aryl methyl sites for hydroxylation is 1. The molecule has 0 saturated carbocycles. The van der Waals surface area contributed by atoms with Gasteiger partial charge < -0.3 is 9.73 Å². The maximum absolute atomic E-state index is 11.3. The van der Waals surface area contributed by atoms with Gasteiger partial charge in [0.25, 0.3) is 0 Å². The lowest BCUT2D eigenvalue weighted by atomic mass is 10.2. The van der Waals surface area contributed by atoms with Crippen LogP contribution in [-0.2, 0) is 23.9 Å². The summed E-state index contributed by atoms with van der Waals surface area (Å²) in [5.41, 5.74) is 1.25. The minimum atomic E-state index is -0.597. The second-order valence-corrected chi connectivity index (χ2v) is 6.14. The summed E-state index contributed by atoms with van der Waals surface area (Å²) in [6.07, 6.45) is 0. The fourth-order valence-corrected chi connectivity index (χ4v) is 3.21. The molecule has 0 spiro atoms. The van der Waals surface area contributed by atoms with Crippen molar-refractivity contribution in [3.8, 4) is 0 Å². The summed E-state index contributed by atoms with van der Waals surface area (Å²) in [5.74, 6) is 3.60. The standard InChI is InChI=1S/C12H20N2O2S/c1-10-11(7-12(16-10)8-13-2)9-14-3-5-17(15)6-4-14/h7,13H,3-6,8-9H2,1-2H3. The number of rotatable bonds is 4. The summed E-state index contributed by atoms with van der Waals surface area (Å²) in [6, 6.07) is 2.12. The average molecular weight is 256 g/mol. The van der Waals surface area contributed by atoms with Crippen LogP contribution in [0.5, 0.6) is 0 Å². The predicted molar refractivity (Wildman–Crippen MR) is 69.4 cm³/mol. The Hall–Kier alpha value is -0.650. The molecule has 1 aliphatic rings. The van der Waals surface area contributed by atoms with Gasteiger partial charge in [0, 0.05) is 47.5 Å². The van der Waals surface area contributed by atoms with Crippen LogP contribution in [0.3, 0.4) is 0 Å². The van der Waals surface area contributed by atoms with Gasteiger partial charge in [-0.05, 0) is 20.0 Å². The highest BCUT2D eigenvalue weighted by atomic mass is 32.2. The summed E-state index contributed by atoms with van der Waals surface area (Å²) in [7, 11) is 1.32. The Bertz CT molecular complexity index is 393. The SMILES string of the molecule is CNCc1cc(CN2CCS(=O)CC2)c(C)o1. The highest BCUT2D eigenvalue weighted by molar-refractivity contribution is 7.85. The lowest BCUT2D eigenvalue weighted by Crippen LogP contribution is -2.37. The van der Waals surface area contributed by atoms with Crippen LogP contribution >= 0.6 is 0 Å². The molecule has 0 aliphatic carbocycles. The van der Waals surface area contributed by atoms with E-state index in [4.69, 9.17) is 4.42 Å². The third-order valence-electron chi connectivity index (χ3n) is 3.09. The van der Waals surface area contributed by atoms with Crippen LogP contribution < -0.4 is 5.32 Å². The van der Waals surface area contributed by atoms with E-state index in [0.29, 0.717) is 0 Å². The van der Waals surface area contributed by atoms with Crippen LogP contribution in [0, 0.1) is 6.92 Å². The van der Waals surface area contributed by atoms with Crippen molar-refractivity contribution in [1.29, 1.82) is 0 Å². The Labute approximate surface area is 105 Å². The molecule has 4 nitrogen and oxygen atoms in total. The van der Waals surface area contributed by atoms with Gasteiger partial charge in [0.05, 0.1) is 6.54 Å². The van der Waals surface area contributed by atoms with Crippen LogP contribution in [0.4, 0.5) is 0 Å². The fraction of sp³-hybridized carbons (Fsp3) is 0.667. The number of furan rings is 1. The molecular formula is C12H20N2O2S. The van der Waals surface area contributed by atoms with E-state index in [1.807, 2.05) is 14.0 Å². The molecule has 1 aliphatic heterocycles. The molecule has 0 atom stereocenters. The molecule has 1 aromatic heterocycles. The third kappa shape index (κ3) is 3.40. The molecule has 0 unspecified atom stereocenters. The molecule has 5 heteroatoms. The number of nitrogens with zero attached hydrogens (tertiary/aromatic N) is 1. The van der Waals surface area contributed by atoms with Crippen molar-refractivity contribution in [3.63, 3.8) is 0 Å². The Morgan fingerprint density at radius 3 is 2.82 bits per heavy atom. The fourth-order valence-electron chi connectivity index (χ4n) is 2.08. The first-order valence-corrected chi connectivity index (χ1v) is 7.48. The minimum Gasteiger partial charge on any atom is -0.465 e. The maximum atomic E-state index is 11.3. The Morgan fingerprint density at radius 1 is 1.47 bits per heavy atom. The van der Waals surface area contributed by atoms with Crippen LogP contribution in [0.15, 0.2) is 10.5 Å². The van der Waals surface area contributed by atoms with Gasteiger partial charge in [0.15, 0.2) is 0 Å². The predicted octanol–water partition coefficient (Wildman–Crippen LogP) is 0.872. The van der Waals surface area contributed by atoms with Crippen molar-refractivity contribution < 1.29 is 8.63 Å². The average Bonchev–Trinajstić information content (AvgIpc) is 2.63. The van der Waals surface area contributed by atoms with Crippen molar-refractivity contribution in [1.82, 2.24) is 10.2 Å². The first-order valence-electron chi connectivity index (χ1n) is 5.99. The van der Waals surface area contributed by atoms with Crippen molar-refractivity contribution in [3.05, 3.63) is 23.2 Å². The number of nitrogens with one attached hydrogen (secondary N) is 1. The number of hydrogen-bond donors (Lipinski definition) is 1. The van der Waals surface area contributed by atoms with Gasteiger partial charge in [-0.3, -0.25) is 9.11 Å². The van der Waals surface area contributed by atoms with Gasteiger partial charge in [-0.2, -0.15) is 0 Å². The normalized spacial score (nSPS) is 18.7. The summed E-state index contributed by atoms with van der Waals surface area (Å²) < 4.78 is 16.9. The maximum Gasteiger partial charge on any atom is 0.118 e. The van der Waals surface area contributed by atoms with Crippen molar-refractivity contribution in [2.45, 2.75) is 20.0 Å². The molecule has 0 bridgehead atoms. The van der Waals surface area contributed by atoms with Crippen LogP contribution in [0.2, 0.25) is 0 Å². The summed E-state index contributed by atoms with van der Waals surface area (Å²) >= 11 is 0. The highest BCUT2D eigenvalue weighted by Crippen LogP contribution is 2.17. The van der Waals surface area contributed by atoms with E-state index in [9.17, 15) is 4.21 Å². The Morgan fingerprint density at radius 2 is 2.18 bits per heavy atom. The lowest BCUT2D eigenvalue weighted by Gasteiger charge is -2.25. The van der Waals surface area contributed by atoms with Gasteiger partial charge in [0.1, 0.15) is 11.5 Å². The van der Waals surface area contributed by atoms with E-state index in [-0.39, 0.29) is 0 Å². The smallest absolute Gasteiger partial charge is 0.118 e. The highest BCUT2D eigenvalue weighted by Gasteiger charge is 2.17. The molecule has 17 heavy (non-hydrogen) atoms. The van der Waals surface area contributed by atoms with Crippen molar-refractivity contribution in [2.24, 2.45) is 0 Å². The zero-order valence-electron chi connectivity index (χ0n) is 10.5. The van der Waals surface area contributed by atoms with E-state index >= 15 is 0 Å². The number of hydrogen-bond acceptors (Lipinski definition) is 4. The summed E-state index contributed by atoms with van der Waals surface area (Å²) in [4.78, 5) is 2.35. The summed E-state index contributed by atoms with van der Waals surface area (Å²) in [5, 5.41) is 3.09. The monoisotopic (exact) mass is 256 g/mol. The van der Waals surface area contributed by atoms with Gasteiger partial charge >= 0.3 is 0 Å². The molecule has 0 aromatic carbocycles. The van der Waals surface area contributed by atoms with Gasteiger partial charge in [0.2, 0.25) is 0 Å². The first-order chi connectivity index (χ1) is 8.19. The van der Waals surface area contributed by atoms with Crippen molar-refractivity contribution >= 4 is 10.8 Å². The minimum absolute atomic E-state index is 0.597. The largest absolute Gasteiger partial charge is 0.465 e. The van der Waals surface area contributed by atoms with E-state index < -0.39 is 10.8 Å². The quantitative estimate of drug-likeness (QED) is 0.868. The van der Waals surface area contributed by atoms with Gasteiger partial charge in [-0.25, -0.2) is 0 Å². The zero-order valence-corrected chi connectivity index (χ0v) is 11.3. The van der Waals surface area contributed by atoms with Crippen LogP contribution in [-0.4, -0.2) is 40.8 Å². The zero-order chi connectivity index (χ0) is 12.3. The van der Waals surface area contributed by atoms with E-state index in [1.165, 1.54) is 5.56 Å². The molecular weight excluding hydrogens is 236 g/mol. The van der Waals surface area contributed by atoms with Gasteiger partial charge in [-0.1, -0.05) is 0 Å². The first kappa shape index (κ1) is 12.8. The molecule has 96 valence electrons. The Kier molecular flexibility index (Phi) is 4.36. The topological polar surface area (TPSA) is 45.5 Å². The van der Waals surface area contributed by atoms with Gasteiger partial charge in [-0.15, -0.1) is 0 Å². The molecule has 0 radical (unpaired) electrons. The third-order valence-corrected chi connectivity index (χ3v) is 4.36. The molecule has 2 rings (SSSR count). The molecule has 2 heterocycles. The summed E-state index contributed by atoms with van der Waals surface area (Å²) in [6.45, 7) is 5.55. The van der Waals surface area contributed by atoms with E-state index in [0.717, 1.165) is 49.2 Å². The molecule has 1 aromatic rings. The van der Waals surface area contributed by atoms with E-state index in [2.05, 4.69) is 16.3 Å². The van der Waals surface area contributed by atoms with E-state index in [1.54, 1.807) is 0 Å². The molecule has 1 N–H and O–H groups in total. The van der Waals surface area contributed by atoms with Crippen molar-refractivity contribution in [2.75, 3.05) is 31.6 Å². The Balaban J connectivity index is 1.96. The molecule has 0 amide bonds. The second kappa shape index (κ2) is 5.80. The molecule has 1 fully saturated rings. The molecule has 1 saturated heterocycles. The van der Waals surface area contributed by atoms with Crippen LogP contribution in [0.25, 0.3) is 0 Å². The second-order valence-electron chi connectivity index (χ2n) is 4.45. The van der Waals surface area contributed by atoms with Crippen LogP contribution in [0.1, 0.15) is 17.1 Å². The lowest BCUT2D eigenvalue weighted by molar-refractivity contribution is 0.289.